The zero-order chi connectivity index (χ0) is 38.8. The molecule has 0 bridgehead atoms. The Morgan fingerprint density at radius 2 is 1.16 bits per heavy atom. The minimum absolute atomic E-state index is 0.00293. The molecule has 5 aromatic carbocycles. The van der Waals surface area contributed by atoms with Gasteiger partial charge in [-0.15, -0.1) is 0 Å². The van der Waals surface area contributed by atoms with Gasteiger partial charge in [0.25, 0.3) is 11.8 Å². The fourth-order valence-corrected chi connectivity index (χ4v) is 7.37. The summed E-state index contributed by atoms with van der Waals surface area (Å²) in [5.41, 5.74) is 9.85. The number of carbonyl (C=O) groups excluding carboxylic acids is 3. The third-order valence-corrected chi connectivity index (χ3v) is 10.2. The zero-order valence-electron chi connectivity index (χ0n) is 30.5. The van der Waals surface area contributed by atoms with Crippen LogP contribution in [0.15, 0.2) is 122 Å². The fourth-order valence-electron chi connectivity index (χ4n) is 7.37. The molecule has 1 saturated heterocycles. The van der Waals surface area contributed by atoms with Gasteiger partial charge in [0.15, 0.2) is 0 Å². The van der Waals surface area contributed by atoms with E-state index < -0.39 is 0 Å². The lowest BCUT2D eigenvalue weighted by molar-refractivity contribution is -0.119. The Kier molecular flexibility index (Phi) is 9.93. The van der Waals surface area contributed by atoms with Gasteiger partial charge < -0.3 is 36.4 Å². The van der Waals surface area contributed by atoms with Gasteiger partial charge >= 0.3 is 0 Å². The van der Waals surface area contributed by atoms with Crippen LogP contribution in [-0.4, -0.2) is 36.9 Å². The maximum Gasteiger partial charge on any atom is 0.257 e. The summed E-state index contributed by atoms with van der Waals surface area (Å²) in [7, 11) is 0. The molecule has 4 aliphatic heterocycles. The molecule has 10 nitrogen and oxygen atoms in total. The SMILES string of the molecule is CC(=O)NC1CCN(c2ccc(NC=C3C(=O)Nc4ccc(F)cc43)cc2)C1.O=C1Nc2ccc(F)cc2C1=CNc1ccc(N2Cc3ccccc3C2)cc1. The first-order chi connectivity index (χ1) is 27.2. The zero-order valence-corrected chi connectivity index (χ0v) is 30.5. The molecule has 56 heavy (non-hydrogen) atoms. The lowest BCUT2D eigenvalue weighted by Crippen LogP contribution is -2.35. The Bertz CT molecular complexity index is 2370. The third-order valence-electron chi connectivity index (χ3n) is 10.2. The first-order valence-electron chi connectivity index (χ1n) is 18.4. The number of halogens is 2. The van der Waals surface area contributed by atoms with Crippen molar-refractivity contribution in [3.05, 3.63) is 155 Å². The number of hydrogen-bond donors (Lipinski definition) is 5. The Balaban J connectivity index is 0.000000157. The topological polar surface area (TPSA) is 118 Å². The molecule has 12 heteroatoms. The summed E-state index contributed by atoms with van der Waals surface area (Å²) in [6.45, 7) is 5.04. The molecule has 0 radical (unpaired) electrons. The lowest BCUT2D eigenvalue weighted by Gasteiger charge is -2.19. The minimum Gasteiger partial charge on any atom is -0.369 e. The number of anilines is 6. The van der Waals surface area contributed by atoms with E-state index in [0.717, 1.165) is 55.3 Å². The second-order valence-corrected chi connectivity index (χ2v) is 14.0. The van der Waals surface area contributed by atoms with Crippen molar-refractivity contribution in [2.75, 3.05) is 44.2 Å². The first kappa shape index (κ1) is 36.0. The molecule has 1 fully saturated rings. The molecule has 4 aliphatic rings. The van der Waals surface area contributed by atoms with Crippen LogP contribution in [-0.2, 0) is 27.5 Å². The predicted octanol–water partition coefficient (Wildman–Crippen LogP) is 7.70. The van der Waals surface area contributed by atoms with Gasteiger partial charge in [0.1, 0.15) is 11.6 Å². The minimum atomic E-state index is -0.381. The van der Waals surface area contributed by atoms with Crippen molar-refractivity contribution in [1.29, 1.82) is 0 Å². The highest BCUT2D eigenvalue weighted by molar-refractivity contribution is 6.32. The van der Waals surface area contributed by atoms with Crippen LogP contribution in [0.3, 0.4) is 0 Å². The molecule has 5 aromatic rings. The lowest BCUT2D eigenvalue weighted by atomic mass is 10.1. The molecule has 5 N–H and O–H groups in total. The van der Waals surface area contributed by atoms with Crippen LogP contribution < -0.4 is 36.4 Å². The monoisotopic (exact) mass is 751 g/mol. The Labute approximate surface area is 322 Å². The quantitative estimate of drug-likeness (QED) is 0.108. The second-order valence-electron chi connectivity index (χ2n) is 14.0. The summed E-state index contributed by atoms with van der Waals surface area (Å²) in [5.74, 6) is -1.24. The van der Waals surface area contributed by atoms with E-state index in [1.165, 1.54) is 42.3 Å². The van der Waals surface area contributed by atoms with E-state index in [0.29, 0.717) is 33.6 Å². The molecular formula is C44H39F2N7O3. The molecule has 4 heterocycles. The molecule has 0 aliphatic carbocycles. The highest BCUT2D eigenvalue weighted by Crippen LogP contribution is 2.34. The van der Waals surface area contributed by atoms with Crippen LogP contribution in [0.4, 0.5) is 42.9 Å². The smallest absolute Gasteiger partial charge is 0.257 e. The average molecular weight is 752 g/mol. The molecule has 0 spiro atoms. The van der Waals surface area contributed by atoms with Crippen LogP contribution in [0.5, 0.6) is 0 Å². The molecule has 3 amide bonds. The normalized spacial score (nSPS) is 17.8. The summed E-state index contributed by atoms with van der Waals surface area (Å²) in [5, 5.41) is 14.7. The van der Waals surface area contributed by atoms with Crippen LogP contribution in [0, 0.1) is 11.6 Å². The summed E-state index contributed by atoms with van der Waals surface area (Å²) in [4.78, 5) is 40.0. The van der Waals surface area contributed by atoms with Crippen LogP contribution >= 0.6 is 0 Å². The highest BCUT2D eigenvalue weighted by atomic mass is 19.1. The van der Waals surface area contributed by atoms with Gasteiger partial charge in [0.2, 0.25) is 5.91 Å². The van der Waals surface area contributed by atoms with E-state index in [4.69, 9.17) is 0 Å². The number of nitrogens with zero attached hydrogens (tertiary/aromatic N) is 2. The van der Waals surface area contributed by atoms with Gasteiger partial charge in [-0.25, -0.2) is 8.78 Å². The van der Waals surface area contributed by atoms with Crippen molar-refractivity contribution >= 4 is 63.0 Å². The predicted molar refractivity (Wildman–Crippen MR) is 217 cm³/mol. The van der Waals surface area contributed by atoms with Gasteiger partial charge in [-0.05, 0) is 102 Å². The van der Waals surface area contributed by atoms with E-state index in [9.17, 15) is 23.2 Å². The van der Waals surface area contributed by atoms with E-state index in [1.54, 1.807) is 24.5 Å². The van der Waals surface area contributed by atoms with Crippen molar-refractivity contribution < 1.29 is 23.2 Å². The molecular weight excluding hydrogens is 713 g/mol. The van der Waals surface area contributed by atoms with Crippen molar-refractivity contribution in [2.24, 2.45) is 0 Å². The third kappa shape index (κ3) is 7.81. The van der Waals surface area contributed by atoms with E-state index in [2.05, 4.69) is 72.8 Å². The van der Waals surface area contributed by atoms with Gasteiger partial charge in [-0.2, -0.15) is 0 Å². The largest absolute Gasteiger partial charge is 0.369 e. The fraction of sp³-hybridized carbons (Fsp3) is 0.159. The summed E-state index contributed by atoms with van der Waals surface area (Å²) >= 11 is 0. The van der Waals surface area contributed by atoms with Crippen molar-refractivity contribution in [3.63, 3.8) is 0 Å². The molecule has 9 rings (SSSR count). The van der Waals surface area contributed by atoms with Gasteiger partial charge in [-0.3, -0.25) is 14.4 Å². The van der Waals surface area contributed by atoms with Gasteiger partial charge in [-0.1, -0.05) is 24.3 Å². The van der Waals surface area contributed by atoms with Crippen LogP contribution in [0.2, 0.25) is 0 Å². The maximum absolute atomic E-state index is 13.5. The summed E-state index contributed by atoms with van der Waals surface area (Å²) in [6.07, 6.45) is 4.15. The van der Waals surface area contributed by atoms with Crippen LogP contribution in [0.1, 0.15) is 35.6 Å². The van der Waals surface area contributed by atoms with Crippen LogP contribution in [0.25, 0.3) is 11.1 Å². The molecule has 0 saturated carbocycles. The average Bonchev–Trinajstić information content (AvgIpc) is 3.98. The highest BCUT2D eigenvalue weighted by Gasteiger charge is 2.26. The van der Waals surface area contributed by atoms with E-state index in [1.807, 2.05) is 36.4 Å². The molecule has 1 atom stereocenters. The van der Waals surface area contributed by atoms with Gasteiger partial charge in [0.05, 0.1) is 11.1 Å². The molecule has 0 aromatic heterocycles. The number of carbonyl (C=O) groups is 3. The standard InChI is InChI=1S/C23H18FN3O.C21H21FN4O2/c24-17-5-10-22-20(11-17)21(23(28)26-22)12-25-18-6-8-19(9-7-18)27-13-15-3-1-2-4-16(15)14-27;1-13(27)24-16-8-9-26(12-16)17-5-3-15(4-6-17)23-11-19-18-10-14(22)2-7-20(18)25-21(19)28/h1-12,25H,13-14H2,(H,26,28);2-7,10-11,16,23H,8-9,12H2,1H3,(H,24,27)(H,25,28). The summed E-state index contributed by atoms with van der Waals surface area (Å²) < 4.78 is 27.0. The van der Waals surface area contributed by atoms with Gasteiger partial charge in [0, 0.05) is 96.8 Å². The molecule has 1 unspecified atom stereocenters. The van der Waals surface area contributed by atoms with Crippen molar-refractivity contribution in [2.45, 2.75) is 32.5 Å². The Morgan fingerprint density at radius 1 is 0.679 bits per heavy atom. The van der Waals surface area contributed by atoms with E-state index in [-0.39, 0.29) is 35.4 Å². The van der Waals surface area contributed by atoms with E-state index >= 15 is 0 Å². The Hall–Kier alpha value is -6.95. The molecule has 282 valence electrons. The number of amides is 3. The van der Waals surface area contributed by atoms with Crippen molar-refractivity contribution in [1.82, 2.24) is 5.32 Å². The van der Waals surface area contributed by atoms with Crippen molar-refractivity contribution in [3.8, 4) is 0 Å². The number of hydrogen-bond acceptors (Lipinski definition) is 7. The number of fused-ring (bicyclic) bond motifs is 3. The maximum atomic E-state index is 13.5. The number of rotatable bonds is 7. The summed E-state index contributed by atoms with van der Waals surface area (Å²) in [6, 6.07) is 33.1. The second kappa shape index (κ2) is 15.4. The number of nitrogens with one attached hydrogen (secondary N) is 5. The number of benzene rings is 5. The first-order valence-corrected chi connectivity index (χ1v) is 18.4. The Morgan fingerprint density at radius 3 is 1.64 bits per heavy atom.